The van der Waals surface area contributed by atoms with Crippen LogP contribution in [0.25, 0.3) is 0 Å². The third-order valence-electron chi connectivity index (χ3n) is 2.31. The second-order valence-electron chi connectivity index (χ2n) is 3.71. The lowest BCUT2D eigenvalue weighted by Gasteiger charge is -2.15. The van der Waals surface area contributed by atoms with Crippen molar-refractivity contribution in [2.75, 3.05) is 12.3 Å². The van der Waals surface area contributed by atoms with Gasteiger partial charge in [0.05, 0.1) is 6.04 Å². The van der Waals surface area contributed by atoms with Crippen molar-refractivity contribution in [3.63, 3.8) is 0 Å². The van der Waals surface area contributed by atoms with Gasteiger partial charge < -0.3 is 15.7 Å². The Morgan fingerprint density at radius 1 is 1.28 bits per heavy atom. The molecular weight excluding hydrogens is 252 g/mol. The Kier molecular flexibility index (Phi) is 6.24. The summed E-state index contributed by atoms with van der Waals surface area (Å²) in [6.07, 6.45) is 0. The van der Waals surface area contributed by atoms with E-state index in [4.69, 9.17) is 5.11 Å². The number of carboxylic acid groups (broad SMARTS) is 1. The van der Waals surface area contributed by atoms with Gasteiger partial charge in [0.25, 0.3) is 0 Å². The minimum absolute atomic E-state index is 0.304. The predicted molar refractivity (Wildman–Crippen MR) is 71.6 cm³/mol. The van der Waals surface area contributed by atoms with Crippen LogP contribution >= 0.6 is 12.6 Å². The lowest BCUT2D eigenvalue weighted by atomic mass is 10.2. The van der Waals surface area contributed by atoms with Crippen LogP contribution in [0, 0.1) is 0 Å². The number of amides is 1. The van der Waals surface area contributed by atoms with Crippen LogP contribution in [0.5, 0.6) is 0 Å². The van der Waals surface area contributed by atoms with Crippen LogP contribution in [0.3, 0.4) is 0 Å². The highest BCUT2D eigenvalue weighted by atomic mass is 32.1. The maximum Gasteiger partial charge on any atom is 0.322 e. The molecule has 1 aromatic carbocycles. The summed E-state index contributed by atoms with van der Waals surface area (Å²) < 4.78 is 0. The summed E-state index contributed by atoms with van der Waals surface area (Å²) in [5, 5.41) is 13.8. The Hall–Kier alpha value is -1.53. The van der Waals surface area contributed by atoms with Crippen LogP contribution < -0.4 is 10.6 Å². The standard InChI is InChI=1S/C12H16N2O3S/c15-11(16)7-14-12(17)10(8-18)13-6-9-4-2-1-3-5-9/h1-5,10,13,18H,6-8H2,(H,14,17)(H,15,16)/t10-/m1/s1. The number of hydrogen-bond acceptors (Lipinski definition) is 4. The first-order valence-corrected chi connectivity index (χ1v) is 6.14. The van der Waals surface area contributed by atoms with E-state index in [1.165, 1.54) is 0 Å². The maximum absolute atomic E-state index is 11.6. The van der Waals surface area contributed by atoms with Crippen LogP contribution in [-0.4, -0.2) is 35.3 Å². The summed E-state index contributed by atoms with van der Waals surface area (Å²) in [6, 6.07) is 9.12. The number of rotatable bonds is 7. The van der Waals surface area contributed by atoms with E-state index in [0.29, 0.717) is 12.3 Å². The van der Waals surface area contributed by atoms with E-state index >= 15 is 0 Å². The Balaban J connectivity index is 2.42. The van der Waals surface area contributed by atoms with Gasteiger partial charge in [0.15, 0.2) is 0 Å². The lowest BCUT2D eigenvalue weighted by Crippen LogP contribution is -2.46. The topological polar surface area (TPSA) is 78.4 Å². The molecule has 0 aliphatic carbocycles. The van der Waals surface area contributed by atoms with Gasteiger partial charge in [0.1, 0.15) is 6.54 Å². The largest absolute Gasteiger partial charge is 0.480 e. The highest BCUT2D eigenvalue weighted by Gasteiger charge is 2.16. The predicted octanol–water partition coefficient (Wildman–Crippen LogP) is 0.275. The Morgan fingerprint density at radius 3 is 2.50 bits per heavy atom. The zero-order chi connectivity index (χ0) is 13.4. The summed E-state index contributed by atoms with van der Waals surface area (Å²) >= 11 is 4.08. The SMILES string of the molecule is O=C(O)CNC(=O)[C@@H](CS)NCc1ccccc1. The van der Waals surface area contributed by atoms with Crippen molar-refractivity contribution in [1.29, 1.82) is 0 Å². The molecule has 0 aromatic heterocycles. The van der Waals surface area contributed by atoms with E-state index < -0.39 is 12.0 Å². The fourth-order valence-electron chi connectivity index (χ4n) is 1.36. The number of hydrogen-bond donors (Lipinski definition) is 4. The molecule has 3 N–H and O–H groups in total. The average molecular weight is 268 g/mol. The highest BCUT2D eigenvalue weighted by Crippen LogP contribution is 1.99. The van der Waals surface area contributed by atoms with E-state index in [1.54, 1.807) is 0 Å². The molecule has 1 rings (SSSR count). The lowest BCUT2D eigenvalue weighted by molar-refractivity contribution is -0.138. The molecule has 6 heteroatoms. The van der Waals surface area contributed by atoms with Gasteiger partial charge in [-0.05, 0) is 5.56 Å². The molecule has 0 fully saturated rings. The van der Waals surface area contributed by atoms with Gasteiger partial charge in [-0.15, -0.1) is 0 Å². The third-order valence-corrected chi connectivity index (χ3v) is 2.67. The van der Waals surface area contributed by atoms with E-state index in [2.05, 4.69) is 23.3 Å². The van der Waals surface area contributed by atoms with Crippen LogP contribution in [0.15, 0.2) is 30.3 Å². The number of carboxylic acids is 1. The zero-order valence-electron chi connectivity index (χ0n) is 9.80. The van der Waals surface area contributed by atoms with Gasteiger partial charge >= 0.3 is 5.97 Å². The molecule has 0 saturated heterocycles. The second kappa shape index (κ2) is 7.73. The molecule has 0 bridgehead atoms. The Morgan fingerprint density at radius 2 is 1.94 bits per heavy atom. The minimum atomic E-state index is -1.07. The van der Waals surface area contributed by atoms with Gasteiger partial charge in [-0.3, -0.25) is 9.59 Å². The molecule has 0 aliphatic heterocycles. The van der Waals surface area contributed by atoms with Crippen molar-refractivity contribution >= 4 is 24.5 Å². The molecule has 0 aliphatic rings. The fraction of sp³-hybridized carbons (Fsp3) is 0.333. The van der Waals surface area contributed by atoms with E-state index in [9.17, 15) is 9.59 Å². The number of carbonyl (C=O) groups is 2. The van der Waals surface area contributed by atoms with Gasteiger partial charge in [-0.1, -0.05) is 30.3 Å². The van der Waals surface area contributed by atoms with Crippen molar-refractivity contribution in [3.8, 4) is 0 Å². The van der Waals surface area contributed by atoms with Gasteiger partial charge in [0, 0.05) is 12.3 Å². The molecule has 1 atom stereocenters. The normalized spacial score (nSPS) is 11.8. The molecule has 18 heavy (non-hydrogen) atoms. The molecule has 98 valence electrons. The molecule has 0 radical (unpaired) electrons. The molecule has 0 heterocycles. The third kappa shape index (κ3) is 5.20. The van der Waals surface area contributed by atoms with Gasteiger partial charge in [-0.25, -0.2) is 0 Å². The van der Waals surface area contributed by atoms with Crippen molar-refractivity contribution in [2.24, 2.45) is 0 Å². The van der Waals surface area contributed by atoms with Crippen molar-refractivity contribution in [1.82, 2.24) is 10.6 Å². The molecular formula is C12H16N2O3S. The fourth-order valence-corrected chi connectivity index (χ4v) is 1.66. The smallest absolute Gasteiger partial charge is 0.322 e. The summed E-state index contributed by atoms with van der Waals surface area (Å²) in [5.74, 6) is -1.12. The minimum Gasteiger partial charge on any atom is -0.480 e. The Bertz CT molecular complexity index is 398. The molecule has 5 nitrogen and oxygen atoms in total. The zero-order valence-corrected chi connectivity index (χ0v) is 10.7. The van der Waals surface area contributed by atoms with Crippen LogP contribution in [-0.2, 0) is 16.1 Å². The highest BCUT2D eigenvalue weighted by molar-refractivity contribution is 7.80. The molecule has 0 spiro atoms. The van der Waals surface area contributed by atoms with Crippen molar-refractivity contribution in [3.05, 3.63) is 35.9 Å². The van der Waals surface area contributed by atoms with Crippen molar-refractivity contribution in [2.45, 2.75) is 12.6 Å². The van der Waals surface area contributed by atoms with E-state index in [0.717, 1.165) is 5.56 Å². The van der Waals surface area contributed by atoms with Crippen LogP contribution in [0.4, 0.5) is 0 Å². The number of aliphatic carboxylic acids is 1. The van der Waals surface area contributed by atoms with E-state index in [1.807, 2.05) is 30.3 Å². The van der Waals surface area contributed by atoms with Gasteiger partial charge in [0.2, 0.25) is 5.91 Å². The molecule has 1 amide bonds. The monoisotopic (exact) mass is 268 g/mol. The summed E-state index contributed by atoms with van der Waals surface area (Å²) in [4.78, 5) is 22.0. The Labute approximate surface area is 111 Å². The summed E-state index contributed by atoms with van der Waals surface area (Å²) in [6.45, 7) is 0.155. The first-order chi connectivity index (χ1) is 8.63. The molecule has 0 saturated carbocycles. The van der Waals surface area contributed by atoms with E-state index in [-0.39, 0.29) is 12.5 Å². The number of nitrogens with one attached hydrogen (secondary N) is 2. The van der Waals surface area contributed by atoms with Crippen molar-refractivity contribution < 1.29 is 14.7 Å². The summed E-state index contributed by atoms with van der Waals surface area (Å²) in [5.41, 5.74) is 1.05. The first-order valence-electron chi connectivity index (χ1n) is 5.51. The van der Waals surface area contributed by atoms with Crippen LogP contribution in [0.1, 0.15) is 5.56 Å². The number of carbonyl (C=O) groups excluding carboxylic acids is 1. The second-order valence-corrected chi connectivity index (χ2v) is 4.08. The van der Waals surface area contributed by atoms with Gasteiger partial charge in [-0.2, -0.15) is 12.6 Å². The van der Waals surface area contributed by atoms with Crippen LogP contribution in [0.2, 0.25) is 0 Å². The number of thiol groups is 1. The maximum atomic E-state index is 11.6. The quantitative estimate of drug-likeness (QED) is 0.536. The average Bonchev–Trinajstić information content (AvgIpc) is 2.38. The molecule has 1 aromatic rings. The molecule has 0 unspecified atom stereocenters. The number of benzene rings is 1. The summed E-state index contributed by atoms with van der Waals surface area (Å²) in [7, 11) is 0. The first kappa shape index (κ1) is 14.5.